The number of pyridine rings is 1. The van der Waals surface area contributed by atoms with Crippen molar-refractivity contribution < 1.29 is 4.39 Å². The molecule has 15 heavy (non-hydrogen) atoms. The molecular weight excluding hydrogens is 221 g/mol. The maximum atomic E-state index is 13.3. The van der Waals surface area contributed by atoms with Gasteiger partial charge in [0.15, 0.2) is 0 Å². The van der Waals surface area contributed by atoms with Crippen LogP contribution in [-0.4, -0.2) is 15.2 Å². The van der Waals surface area contributed by atoms with Gasteiger partial charge in [-0.15, -0.1) is 0 Å². The quantitative estimate of drug-likeness (QED) is 0.802. The molecule has 0 aliphatic rings. The lowest BCUT2D eigenvalue weighted by molar-refractivity contribution is 0.624. The fraction of sp³-hybridized carbons (Fsp3) is 0. The molecule has 2 aromatic rings. The summed E-state index contributed by atoms with van der Waals surface area (Å²) in [4.78, 5) is 14.9. The van der Waals surface area contributed by atoms with Gasteiger partial charge in [-0.3, -0.25) is 9.78 Å². The van der Waals surface area contributed by atoms with E-state index < -0.39 is 11.4 Å². The second-order valence-electron chi connectivity index (χ2n) is 2.79. The summed E-state index contributed by atoms with van der Waals surface area (Å²) in [5.74, 6) is -0.578. The highest BCUT2D eigenvalue weighted by molar-refractivity contribution is 6.29. The molecule has 0 saturated heterocycles. The third kappa shape index (κ3) is 1.87. The average molecular weight is 226 g/mol. The van der Waals surface area contributed by atoms with E-state index in [-0.39, 0.29) is 16.3 Å². The van der Waals surface area contributed by atoms with Crippen LogP contribution < -0.4 is 5.56 Å². The molecule has 4 nitrogen and oxygen atoms in total. The van der Waals surface area contributed by atoms with Crippen LogP contribution in [0.25, 0.3) is 11.1 Å². The van der Waals surface area contributed by atoms with Crippen molar-refractivity contribution >= 4 is 11.6 Å². The fourth-order valence-electron chi connectivity index (χ4n) is 1.18. The minimum Gasteiger partial charge on any atom is -0.267 e. The van der Waals surface area contributed by atoms with Gasteiger partial charge in [-0.25, -0.2) is 9.49 Å². The van der Waals surface area contributed by atoms with Crippen molar-refractivity contribution in [3.8, 4) is 11.1 Å². The van der Waals surface area contributed by atoms with Gasteiger partial charge < -0.3 is 0 Å². The van der Waals surface area contributed by atoms with E-state index in [2.05, 4.69) is 15.2 Å². The molecular formula is C9H5ClFN3O. The van der Waals surface area contributed by atoms with Crippen LogP contribution in [0.5, 0.6) is 0 Å². The van der Waals surface area contributed by atoms with E-state index in [4.69, 9.17) is 11.6 Å². The van der Waals surface area contributed by atoms with Crippen molar-refractivity contribution in [3.63, 3.8) is 0 Å². The molecule has 0 radical (unpaired) electrons. The molecule has 0 atom stereocenters. The number of halogens is 2. The van der Waals surface area contributed by atoms with Crippen molar-refractivity contribution in [3.05, 3.63) is 45.9 Å². The topological polar surface area (TPSA) is 58.6 Å². The maximum Gasteiger partial charge on any atom is 0.272 e. The van der Waals surface area contributed by atoms with Gasteiger partial charge in [0.1, 0.15) is 11.0 Å². The van der Waals surface area contributed by atoms with Gasteiger partial charge in [-0.1, -0.05) is 11.6 Å². The van der Waals surface area contributed by atoms with E-state index in [1.807, 2.05) is 0 Å². The number of hydrogen-bond donors (Lipinski definition) is 1. The standard InChI is InChI=1S/C9H5ClFN3O/c10-8-3-6(9(15)14-13-8)5-1-2-12-4-7(5)11/h1-4H,(H,14,15). The van der Waals surface area contributed by atoms with Crippen molar-refractivity contribution in [2.45, 2.75) is 0 Å². The molecule has 0 aliphatic carbocycles. The van der Waals surface area contributed by atoms with E-state index in [0.29, 0.717) is 0 Å². The fourth-order valence-corrected chi connectivity index (χ4v) is 1.33. The number of hydrogen-bond acceptors (Lipinski definition) is 3. The van der Waals surface area contributed by atoms with E-state index in [9.17, 15) is 9.18 Å². The normalized spacial score (nSPS) is 10.3. The number of nitrogens with zero attached hydrogens (tertiary/aromatic N) is 2. The lowest BCUT2D eigenvalue weighted by Gasteiger charge is -2.00. The summed E-state index contributed by atoms with van der Waals surface area (Å²) < 4.78 is 13.3. The molecule has 0 spiro atoms. The van der Waals surface area contributed by atoms with Crippen LogP contribution in [0.15, 0.2) is 29.3 Å². The molecule has 2 aromatic heterocycles. The number of rotatable bonds is 1. The third-order valence-electron chi connectivity index (χ3n) is 1.83. The summed E-state index contributed by atoms with van der Waals surface area (Å²) in [5, 5.41) is 5.75. The second kappa shape index (κ2) is 3.78. The minimum absolute atomic E-state index is 0.0980. The molecule has 2 heterocycles. The van der Waals surface area contributed by atoms with Gasteiger partial charge in [-0.2, -0.15) is 5.10 Å². The number of H-pyrrole nitrogens is 1. The molecule has 0 fully saturated rings. The minimum atomic E-state index is -0.578. The first-order valence-electron chi connectivity index (χ1n) is 4.03. The summed E-state index contributed by atoms with van der Waals surface area (Å²) in [6.45, 7) is 0. The van der Waals surface area contributed by atoms with Crippen LogP contribution in [0, 0.1) is 5.82 Å². The van der Waals surface area contributed by atoms with Crippen molar-refractivity contribution in [2.75, 3.05) is 0 Å². The Labute approximate surface area is 88.7 Å². The maximum absolute atomic E-state index is 13.3. The van der Waals surface area contributed by atoms with Crippen LogP contribution in [0.1, 0.15) is 0 Å². The van der Waals surface area contributed by atoms with Crippen LogP contribution in [0.3, 0.4) is 0 Å². The molecule has 76 valence electrons. The van der Waals surface area contributed by atoms with Crippen LogP contribution in [-0.2, 0) is 0 Å². The van der Waals surface area contributed by atoms with Crippen molar-refractivity contribution in [1.29, 1.82) is 0 Å². The highest BCUT2D eigenvalue weighted by Gasteiger charge is 2.09. The van der Waals surface area contributed by atoms with Gasteiger partial charge >= 0.3 is 0 Å². The van der Waals surface area contributed by atoms with E-state index in [1.165, 1.54) is 18.3 Å². The Balaban J connectivity index is 2.69. The molecule has 0 aliphatic heterocycles. The predicted molar refractivity (Wildman–Crippen MR) is 53.1 cm³/mol. The molecule has 2 rings (SSSR count). The summed E-state index contributed by atoms with van der Waals surface area (Å²) in [5.41, 5.74) is -0.213. The first kappa shape index (κ1) is 9.79. The van der Waals surface area contributed by atoms with Gasteiger partial charge in [0.2, 0.25) is 0 Å². The Morgan fingerprint density at radius 3 is 2.93 bits per heavy atom. The Morgan fingerprint density at radius 1 is 1.40 bits per heavy atom. The van der Waals surface area contributed by atoms with Gasteiger partial charge in [0.05, 0.1) is 11.8 Å². The molecule has 6 heteroatoms. The zero-order valence-electron chi connectivity index (χ0n) is 7.37. The monoisotopic (exact) mass is 225 g/mol. The lowest BCUT2D eigenvalue weighted by Crippen LogP contribution is -2.11. The number of aromatic amines is 1. The number of aromatic nitrogens is 3. The second-order valence-corrected chi connectivity index (χ2v) is 3.18. The van der Waals surface area contributed by atoms with Crippen molar-refractivity contribution in [1.82, 2.24) is 15.2 Å². The summed E-state index contributed by atoms with van der Waals surface area (Å²) in [6.07, 6.45) is 2.43. The molecule has 0 aromatic carbocycles. The molecule has 0 saturated carbocycles. The van der Waals surface area contributed by atoms with Gasteiger partial charge in [0, 0.05) is 11.8 Å². The highest BCUT2D eigenvalue weighted by atomic mass is 35.5. The average Bonchev–Trinajstić information content (AvgIpc) is 2.23. The zero-order valence-corrected chi connectivity index (χ0v) is 8.12. The first-order chi connectivity index (χ1) is 7.18. The lowest BCUT2D eigenvalue weighted by atomic mass is 10.1. The predicted octanol–water partition coefficient (Wildman–Crippen LogP) is 1.62. The van der Waals surface area contributed by atoms with Crippen LogP contribution >= 0.6 is 11.6 Å². The first-order valence-corrected chi connectivity index (χ1v) is 4.41. The smallest absolute Gasteiger partial charge is 0.267 e. The van der Waals surface area contributed by atoms with E-state index in [0.717, 1.165) is 6.20 Å². The van der Waals surface area contributed by atoms with Crippen LogP contribution in [0.4, 0.5) is 4.39 Å². The Kier molecular flexibility index (Phi) is 2.47. The third-order valence-corrected chi connectivity index (χ3v) is 2.03. The molecule has 0 amide bonds. The molecule has 0 unspecified atom stereocenters. The highest BCUT2D eigenvalue weighted by Crippen LogP contribution is 2.19. The Bertz CT molecular complexity index is 555. The molecule has 0 bridgehead atoms. The Morgan fingerprint density at radius 2 is 2.20 bits per heavy atom. The number of nitrogens with one attached hydrogen (secondary N) is 1. The van der Waals surface area contributed by atoms with Crippen LogP contribution in [0.2, 0.25) is 5.15 Å². The van der Waals surface area contributed by atoms with Gasteiger partial charge in [0.25, 0.3) is 5.56 Å². The van der Waals surface area contributed by atoms with Crippen molar-refractivity contribution in [2.24, 2.45) is 0 Å². The zero-order chi connectivity index (χ0) is 10.8. The van der Waals surface area contributed by atoms with E-state index in [1.54, 1.807) is 0 Å². The summed E-state index contributed by atoms with van der Waals surface area (Å²) in [7, 11) is 0. The Hall–Kier alpha value is -1.75. The molecule has 1 N–H and O–H groups in total. The summed E-state index contributed by atoms with van der Waals surface area (Å²) >= 11 is 5.60. The summed E-state index contributed by atoms with van der Waals surface area (Å²) in [6, 6.07) is 2.70. The van der Waals surface area contributed by atoms with E-state index >= 15 is 0 Å². The SMILES string of the molecule is O=c1[nH]nc(Cl)cc1-c1ccncc1F. The van der Waals surface area contributed by atoms with Gasteiger partial charge in [-0.05, 0) is 12.1 Å². The largest absolute Gasteiger partial charge is 0.272 e.